The third-order valence-corrected chi connectivity index (χ3v) is 4.91. The number of carbonyl (C=O) groups excluding carboxylic acids is 1. The van der Waals surface area contributed by atoms with Crippen LogP contribution < -0.4 is 25.6 Å². The van der Waals surface area contributed by atoms with E-state index in [0.717, 1.165) is 12.5 Å². The van der Waals surface area contributed by atoms with Crippen molar-refractivity contribution in [2.75, 3.05) is 43.0 Å². The number of rotatable bonds is 8. The van der Waals surface area contributed by atoms with Crippen molar-refractivity contribution in [3.63, 3.8) is 0 Å². The Labute approximate surface area is 186 Å². The van der Waals surface area contributed by atoms with Crippen LogP contribution in [0.2, 0.25) is 0 Å². The van der Waals surface area contributed by atoms with Crippen molar-refractivity contribution >= 4 is 23.2 Å². The number of benzene rings is 2. The number of hydrogen-bond acceptors (Lipinski definition) is 4. The lowest BCUT2D eigenvalue weighted by Gasteiger charge is -2.21. The Morgan fingerprint density at radius 3 is 2.84 bits per heavy atom. The lowest BCUT2D eigenvalue weighted by Crippen LogP contribution is -2.44. The second-order valence-corrected chi connectivity index (χ2v) is 7.49. The van der Waals surface area contributed by atoms with Crippen LogP contribution in [0.5, 0.6) is 5.75 Å². The van der Waals surface area contributed by atoms with Gasteiger partial charge >= 0.3 is 0 Å². The molecular weight excluding hydrogens is 416 g/mol. The summed E-state index contributed by atoms with van der Waals surface area (Å²) in [7, 11) is 0. The Hall–Kier alpha value is -3.36. The molecule has 1 atom stereocenters. The highest BCUT2D eigenvalue weighted by molar-refractivity contribution is 5.88. The fourth-order valence-electron chi connectivity index (χ4n) is 3.54. The van der Waals surface area contributed by atoms with Crippen molar-refractivity contribution < 1.29 is 18.3 Å². The topological polar surface area (TPSA) is 78.0 Å². The molecule has 0 bridgehead atoms. The summed E-state index contributed by atoms with van der Waals surface area (Å²) >= 11 is 0. The van der Waals surface area contributed by atoms with E-state index in [4.69, 9.17) is 4.74 Å². The molecule has 1 heterocycles. The molecule has 1 saturated heterocycles. The maximum Gasteiger partial charge on any atom is 0.221 e. The van der Waals surface area contributed by atoms with Crippen LogP contribution in [0.3, 0.4) is 0 Å². The molecule has 1 amide bonds. The largest absolute Gasteiger partial charge is 0.492 e. The molecule has 1 unspecified atom stereocenters. The smallest absolute Gasteiger partial charge is 0.221 e. The Morgan fingerprint density at radius 1 is 1.25 bits per heavy atom. The van der Waals surface area contributed by atoms with Gasteiger partial charge in [-0.15, -0.1) is 0 Å². The minimum Gasteiger partial charge on any atom is -0.492 e. The summed E-state index contributed by atoms with van der Waals surface area (Å²) in [4.78, 5) is 17.6. The van der Waals surface area contributed by atoms with Crippen molar-refractivity contribution in [1.29, 1.82) is 0 Å². The van der Waals surface area contributed by atoms with E-state index < -0.39 is 11.6 Å². The number of ether oxygens (including phenoxy) is 1. The van der Waals surface area contributed by atoms with Crippen molar-refractivity contribution in [2.45, 2.75) is 26.3 Å². The van der Waals surface area contributed by atoms with Crippen LogP contribution in [0.4, 0.5) is 20.2 Å². The minimum atomic E-state index is -0.578. The molecule has 7 nitrogen and oxygen atoms in total. The Bertz CT molecular complexity index is 954. The molecule has 1 fully saturated rings. The maximum absolute atomic E-state index is 14.1. The van der Waals surface area contributed by atoms with Crippen LogP contribution in [0.1, 0.15) is 20.3 Å². The first kappa shape index (κ1) is 23.3. The number of aliphatic imine (C=N–C) groups is 1. The van der Waals surface area contributed by atoms with Gasteiger partial charge in [0.25, 0.3) is 0 Å². The zero-order valence-electron chi connectivity index (χ0n) is 18.3. The summed E-state index contributed by atoms with van der Waals surface area (Å²) in [5.41, 5.74) is 1.09. The molecule has 0 aromatic heterocycles. The predicted molar refractivity (Wildman–Crippen MR) is 122 cm³/mol. The number of carbonyl (C=O) groups is 1. The maximum atomic E-state index is 14.1. The monoisotopic (exact) mass is 445 g/mol. The number of halogens is 2. The quantitative estimate of drug-likeness (QED) is 0.331. The number of amides is 1. The third-order valence-electron chi connectivity index (χ3n) is 4.91. The molecule has 172 valence electrons. The van der Waals surface area contributed by atoms with Gasteiger partial charge in [0.05, 0.1) is 12.2 Å². The fraction of sp³-hybridized carbons (Fsp3) is 0.391. The highest BCUT2D eigenvalue weighted by Gasteiger charge is 2.25. The molecule has 1 aliphatic heterocycles. The van der Waals surface area contributed by atoms with Gasteiger partial charge in [0.15, 0.2) is 5.96 Å². The van der Waals surface area contributed by atoms with Gasteiger partial charge in [0.1, 0.15) is 24.0 Å². The van der Waals surface area contributed by atoms with Crippen LogP contribution in [0, 0.1) is 11.6 Å². The van der Waals surface area contributed by atoms with Crippen molar-refractivity contribution in [3.8, 4) is 5.75 Å². The van der Waals surface area contributed by atoms with E-state index in [1.165, 1.54) is 19.1 Å². The number of nitrogens with zero attached hydrogens (tertiary/aromatic N) is 2. The average Bonchev–Trinajstić information content (AvgIpc) is 3.19. The van der Waals surface area contributed by atoms with Gasteiger partial charge in [0, 0.05) is 50.4 Å². The second-order valence-electron chi connectivity index (χ2n) is 7.49. The van der Waals surface area contributed by atoms with Gasteiger partial charge in [-0.3, -0.25) is 4.79 Å². The SMILES string of the molecule is CCNC(=NCCOc1cccc(NC(C)=O)c1)NC1CCN(c2ccc(F)cc2F)C1. The van der Waals surface area contributed by atoms with E-state index in [1.54, 1.807) is 12.1 Å². The van der Waals surface area contributed by atoms with E-state index >= 15 is 0 Å². The molecule has 1 aliphatic rings. The first-order chi connectivity index (χ1) is 15.4. The highest BCUT2D eigenvalue weighted by Crippen LogP contribution is 2.24. The van der Waals surface area contributed by atoms with E-state index in [0.29, 0.717) is 55.9 Å². The predicted octanol–water partition coefficient (Wildman–Crippen LogP) is 3.14. The van der Waals surface area contributed by atoms with Crippen LogP contribution in [-0.4, -0.2) is 50.7 Å². The standard InChI is InChI=1S/C23H29F2N5O2/c1-3-26-23(27-10-12-32-20-6-4-5-18(14-20)28-16(2)31)29-19-9-11-30(15-19)22-8-7-17(24)13-21(22)25/h4-8,13-14,19H,3,9-12,15H2,1-2H3,(H,28,31)(H2,26,27,29). The summed E-state index contributed by atoms with van der Waals surface area (Å²) < 4.78 is 33.0. The lowest BCUT2D eigenvalue weighted by molar-refractivity contribution is -0.114. The number of anilines is 2. The summed E-state index contributed by atoms with van der Waals surface area (Å²) in [6, 6.07) is 10.9. The van der Waals surface area contributed by atoms with Crippen LogP contribution >= 0.6 is 0 Å². The molecule has 0 spiro atoms. The first-order valence-electron chi connectivity index (χ1n) is 10.7. The van der Waals surface area contributed by atoms with E-state index in [1.807, 2.05) is 24.0 Å². The van der Waals surface area contributed by atoms with Gasteiger partial charge < -0.3 is 25.6 Å². The third kappa shape index (κ3) is 6.83. The van der Waals surface area contributed by atoms with Gasteiger partial charge in [0.2, 0.25) is 5.91 Å². The normalized spacial score (nSPS) is 16.1. The van der Waals surface area contributed by atoms with Crippen LogP contribution in [0.25, 0.3) is 0 Å². The zero-order chi connectivity index (χ0) is 22.9. The Kier molecular flexibility index (Phi) is 8.24. The molecule has 0 saturated carbocycles. The molecule has 0 radical (unpaired) electrons. The number of nitrogens with one attached hydrogen (secondary N) is 3. The van der Waals surface area contributed by atoms with E-state index in [9.17, 15) is 13.6 Å². The molecule has 2 aromatic carbocycles. The van der Waals surface area contributed by atoms with Crippen molar-refractivity contribution in [3.05, 3.63) is 54.1 Å². The van der Waals surface area contributed by atoms with Crippen molar-refractivity contribution in [2.24, 2.45) is 4.99 Å². The Morgan fingerprint density at radius 2 is 2.09 bits per heavy atom. The van der Waals surface area contributed by atoms with Gasteiger partial charge in [-0.2, -0.15) is 0 Å². The lowest BCUT2D eigenvalue weighted by atomic mass is 10.2. The van der Waals surface area contributed by atoms with Gasteiger partial charge in [-0.25, -0.2) is 13.8 Å². The molecular formula is C23H29F2N5O2. The zero-order valence-corrected chi connectivity index (χ0v) is 18.3. The summed E-state index contributed by atoms with van der Waals surface area (Å²) in [6.07, 6.45) is 0.813. The minimum absolute atomic E-state index is 0.0903. The van der Waals surface area contributed by atoms with Crippen LogP contribution in [-0.2, 0) is 4.79 Å². The molecule has 3 rings (SSSR count). The Balaban J connectivity index is 1.50. The number of guanidine groups is 1. The van der Waals surface area contributed by atoms with E-state index in [2.05, 4.69) is 20.9 Å². The van der Waals surface area contributed by atoms with Crippen molar-refractivity contribution in [1.82, 2.24) is 10.6 Å². The molecule has 0 aliphatic carbocycles. The van der Waals surface area contributed by atoms with Gasteiger partial charge in [-0.05, 0) is 37.6 Å². The summed E-state index contributed by atoms with van der Waals surface area (Å²) in [6.45, 7) is 6.22. The first-order valence-corrected chi connectivity index (χ1v) is 10.7. The van der Waals surface area contributed by atoms with E-state index in [-0.39, 0.29) is 11.9 Å². The molecule has 2 aromatic rings. The molecule has 3 N–H and O–H groups in total. The fourth-order valence-corrected chi connectivity index (χ4v) is 3.54. The second kappa shape index (κ2) is 11.3. The number of hydrogen-bond donors (Lipinski definition) is 3. The molecule has 32 heavy (non-hydrogen) atoms. The summed E-state index contributed by atoms with van der Waals surface area (Å²) in [5.74, 6) is 0.0455. The van der Waals surface area contributed by atoms with Crippen LogP contribution in [0.15, 0.2) is 47.5 Å². The highest BCUT2D eigenvalue weighted by atomic mass is 19.1. The summed E-state index contributed by atoms with van der Waals surface area (Å²) in [5, 5.41) is 9.30. The van der Waals surface area contributed by atoms with Gasteiger partial charge in [-0.1, -0.05) is 6.07 Å². The average molecular weight is 446 g/mol. The molecule has 9 heteroatoms.